The third kappa shape index (κ3) is 1.87. The van der Waals surface area contributed by atoms with Crippen molar-refractivity contribution in [3.8, 4) is 0 Å². The van der Waals surface area contributed by atoms with Crippen LogP contribution < -0.4 is 0 Å². The van der Waals surface area contributed by atoms with Gasteiger partial charge in [-0.2, -0.15) is 13.2 Å². The van der Waals surface area contributed by atoms with Gasteiger partial charge in [0.25, 0.3) is 0 Å². The quantitative estimate of drug-likeness (QED) is 0.539. The molecule has 0 spiro atoms. The van der Waals surface area contributed by atoms with Crippen LogP contribution in [0, 0.1) is 5.92 Å². The van der Waals surface area contributed by atoms with Gasteiger partial charge in [0.2, 0.25) is 0 Å². The van der Waals surface area contributed by atoms with E-state index in [1.165, 1.54) is 6.08 Å². The predicted molar refractivity (Wildman–Crippen MR) is 41.3 cm³/mol. The van der Waals surface area contributed by atoms with Crippen LogP contribution in [0.5, 0.6) is 0 Å². The van der Waals surface area contributed by atoms with Gasteiger partial charge in [0, 0.05) is 6.21 Å². The van der Waals surface area contributed by atoms with Crippen LogP contribution in [0.25, 0.3) is 0 Å². The maximum Gasteiger partial charge on any atom is 0.417 e. The molecule has 0 saturated carbocycles. The highest BCUT2D eigenvalue weighted by molar-refractivity contribution is 5.81. The van der Waals surface area contributed by atoms with Crippen LogP contribution in [0.15, 0.2) is 16.6 Å². The standard InChI is InChI=1S/C8H10F3N/c1-5-3-7(8(9,10)11)4-12-6(5)2/h3-6H,1-2H3. The molecule has 68 valence electrons. The van der Waals surface area contributed by atoms with E-state index in [1.54, 1.807) is 13.8 Å². The summed E-state index contributed by atoms with van der Waals surface area (Å²) in [6, 6.07) is -0.0453. The van der Waals surface area contributed by atoms with Crippen LogP contribution in [0.3, 0.4) is 0 Å². The molecule has 0 fully saturated rings. The molecule has 2 unspecified atom stereocenters. The van der Waals surface area contributed by atoms with E-state index in [4.69, 9.17) is 0 Å². The lowest BCUT2D eigenvalue weighted by molar-refractivity contribution is -0.0863. The summed E-state index contributed by atoms with van der Waals surface area (Å²) >= 11 is 0. The van der Waals surface area contributed by atoms with E-state index in [9.17, 15) is 13.2 Å². The molecule has 4 heteroatoms. The summed E-state index contributed by atoms with van der Waals surface area (Å²) in [5, 5.41) is 0. The number of rotatable bonds is 0. The predicted octanol–water partition coefficient (Wildman–Crippen LogP) is 2.58. The van der Waals surface area contributed by atoms with Gasteiger partial charge in [0.1, 0.15) is 0 Å². The van der Waals surface area contributed by atoms with Gasteiger partial charge in [-0.05, 0) is 12.8 Å². The summed E-state index contributed by atoms with van der Waals surface area (Å²) in [4.78, 5) is 3.75. The minimum atomic E-state index is -4.25. The van der Waals surface area contributed by atoms with Crippen molar-refractivity contribution in [2.75, 3.05) is 0 Å². The van der Waals surface area contributed by atoms with Crippen molar-refractivity contribution in [3.63, 3.8) is 0 Å². The first-order valence-corrected chi connectivity index (χ1v) is 3.73. The highest BCUT2D eigenvalue weighted by Crippen LogP contribution is 2.28. The molecule has 1 rings (SSSR count). The minimum Gasteiger partial charge on any atom is -0.289 e. The molecule has 1 aliphatic rings. The maximum atomic E-state index is 12.1. The van der Waals surface area contributed by atoms with Crippen LogP contribution in [0.1, 0.15) is 13.8 Å². The third-order valence-electron chi connectivity index (χ3n) is 1.98. The second kappa shape index (κ2) is 2.92. The molecule has 0 amide bonds. The van der Waals surface area contributed by atoms with Gasteiger partial charge in [-0.15, -0.1) is 0 Å². The summed E-state index contributed by atoms with van der Waals surface area (Å²) in [6.07, 6.45) is -2.12. The van der Waals surface area contributed by atoms with Gasteiger partial charge in [-0.25, -0.2) is 0 Å². The first kappa shape index (κ1) is 9.29. The Labute approximate surface area is 69.0 Å². The molecule has 1 aliphatic heterocycles. The SMILES string of the molecule is CC1C=C(C(F)(F)F)C=NC1C. The number of halogens is 3. The van der Waals surface area contributed by atoms with Gasteiger partial charge < -0.3 is 0 Å². The number of hydrogen-bond acceptors (Lipinski definition) is 1. The van der Waals surface area contributed by atoms with E-state index in [1.807, 2.05) is 0 Å². The molecule has 0 aromatic carbocycles. The number of hydrogen-bond donors (Lipinski definition) is 0. The zero-order valence-corrected chi connectivity index (χ0v) is 6.89. The topological polar surface area (TPSA) is 12.4 Å². The summed E-state index contributed by atoms with van der Waals surface area (Å²) in [6.45, 7) is 3.53. The van der Waals surface area contributed by atoms with Crippen molar-refractivity contribution in [1.82, 2.24) is 0 Å². The molecule has 0 bridgehead atoms. The Morgan fingerprint density at radius 1 is 1.33 bits per heavy atom. The highest BCUT2D eigenvalue weighted by Gasteiger charge is 2.34. The lowest BCUT2D eigenvalue weighted by atomic mass is 9.98. The molecule has 0 saturated heterocycles. The van der Waals surface area contributed by atoms with Crippen molar-refractivity contribution >= 4 is 6.21 Å². The van der Waals surface area contributed by atoms with E-state index >= 15 is 0 Å². The van der Waals surface area contributed by atoms with E-state index in [-0.39, 0.29) is 12.0 Å². The number of aliphatic imine (C=N–C) groups is 1. The summed E-state index contributed by atoms with van der Waals surface area (Å²) < 4.78 is 36.2. The normalized spacial score (nSPS) is 30.2. The average Bonchev–Trinajstić information content (AvgIpc) is 1.92. The fourth-order valence-electron chi connectivity index (χ4n) is 0.967. The second-order valence-corrected chi connectivity index (χ2v) is 3.00. The molecular formula is C8H10F3N. The van der Waals surface area contributed by atoms with Crippen molar-refractivity contribution in [2.24, 2.45) is 10.9 Å². The van der Waals surface area contributed by atoms with Crippen molar-refractivity contribution in [1.29, 1.82) is 0 Å². The van der Waals surface area contributed by atoms with Crippen LogP contribution in [-0.2, 0) is 0 Å². The smallest absolute Gasteiger partial charge is 0.289 e. The lowest BCUT2D eigenvalue weighted by Gasteiger charge is -2.19. The molecule has 1 nitrogen and oxygen atoms in total. The Morgan fingerprint density at radius 3 is 2.33 bits per heavy atom. The Bertz CT molecular complexity index is 227. The van der Waals surface area contributed by atoms with E-state index in [0.29, 0.717) is 0 Å². The van der Waals surface area contributed by atoms with Crippen molar-refractivity contribution in [3.05, 3.63) is 11.6 Å². The molecule has 1 heterocycles. The molecule has 2 atom stereocenters. The van der Waals surface area contributed by atoms with Gasteiger partial charge in [0.05, 0.1) is 11.6 Å². The van der Waals surface area contributed by atoms with E-state index < -0.39 is 11.7 Å². The maximum absolute atomic E-state index is 12.1. The average molecular weight is 177 g/mol. The fourth-order valence-corrected chi connectivity index (χ4v) is 0.967. The minimum absolute atomic E-state index is 0.0453. The first-order chi connectivity index (χ1) is 5.41. The monoisotopic (exact) mass is 177 g/mol. The molecule has 0 aromatic rings. The molecule has 0 radical (unpaired) electrons. The number of dihydropyridines is 1. The lowest BCUT2D eigenvalue weighted by Crippen LogP contribution is -2.22. The molecule has 0 aliphatic carbocycles. The van der Waals surface area contributed by atoms with Crippen molar-refractivity contribution in [2.45, 2.75) is 26.1 Å². The highest BCUT2D eigenvalue weighted by atomic mass is 19.4. The van der Waals surface area contributed by atoms with Crippen molar-refractivity contribution < 1.29 is 13.2 Å². The Morgan fingerprint density at radius 2 is 1.92 bits per heavy atom. The molecular weight excluding hydrogens is 167 g/mol. The molecule has 0 aromatic heterocycles. The summed E-state index contributed by atoms with van der Waals surface area (Å²) in [5.41, 5.74) is -0.631. The van der Waals surface area contributed by atoms with Gasteiger partial charge in [-0.3, -0.25) is 4.99 Å². The molecule has 0 N–H and O–H groups in total. The van der Waals surface area contributed by atoms with E-state index in [2.05, 4.69) is 4.99 Å². The Balaban J connectivity index is 2.84. The zero-order chi connectivity index (χ0) is 9.35. The van der Waals surface area contributed by atoms with E-state index in [0.717, 1.165) is 6.21 Å². The summed E-state index contributed by atoms with van der Waals surface area (Å²) in [5.74, 6) is -0.133. The van der Waals surface area contributed by atoms with Crippen LogP contribution >= 0.6 is 0 Å². The van der Waals surface area contributed by atoms with Gasteiger partial charge >= 0.3 is 6.18 Å². The number of alkyl halides is 3. The first-order valence-electron chi connectivity index (χ1n) is 3.73. The summed E-state index contributed by atoms with van der Waals surface area (Å²) in [7, 11) is 0. The fraction of sp³-hybridized carbons (Fsp3) is 0.625. The van der Waals surface area contributed by atoms with Crippen LogP contribution in [-0.4, -0.2) is 18.4 Å². The van der Waals surface area contributed by atoms with Crippen LogP contribution in [0.2, 0.25) is 0 Å². The second-order valence-electron chi connectivity index (χ2n) is 3.00. The zero-order valence-electron chi connectivity index (χ0n) is 6.89. The Hall–Kier alpha value is -0.800. The van der Waals surface area contributed by atoms with Gasteiger partial charge in [0.15, 0.2) is 0 Å². The number of nitrogens with zero attached hydrogens (tertiary/aromatic N) is 1. The number of allylic oxidation sites excluding steroid dienone is 1. The van der Waals surface area contributed by atoms with Gasteiger partial charge in [-0.1, -0.05) is 13.0 Å². The van der Waals surface area contributed by atoms with Crippen LogP contribution in [0.4, 0.5) is 13.2 Å². The largest absolute Gasteiger partial charge is 0.417 e. The Kier molecular flexibility index (Phi) is 2.26. The third-order valence-corrected chi connectivity index (χ3v) is 1.98. The molecule has 12 heavy (non-hydrogen) atoms.